The number of ether oxygens (including phenoxy) is 2. The van der Waals surface area contributed by atoms with Gasteiger partial charge in [0.2, 0.25) is 0 Å². The minimum atomic E-state index is -0.839. The molecule has 1 fully saturated rings. The number of morpholine rings is 1. The maximum atomic E-state index is 10.8. The zero-order chi connectivity index (χ0) is 14.7. The topological polar surface area (TPSA) is 64.8 Å². The second-order valence-electron chi connectivity index (χ2n) is 5.02. The predicted molar refractivity (Wildman–Crippen MR) is 77.3 cm³/mol. The number of benzene rings is 1. The van der Waals surface area contributed by atoms with Gasteiger partial charge in [-0.2, -0.15) is 0 Å². The number of carbonyl (C=O) groups excluding carboxylic acids is 1. The lowest BCUT2D eigenvalue weighted by Gasteiger charge is -2.32. The highest BCUT2D eigenvalue weighted by atomic mass is 35.5. The highest BCUT2D eigenvalue weighted by molar-refractivity contribution is 6.31. The molecule has 110 valence electrons. The average molecular weight is 299 g/mol. The lowest BCUT2D eigenvalue weighted by atomic mass is 9.99. The summed E-state index contributed by atoms with van der Waals surface area (Å²) in [5.41, 5.74) is 7.06. The molecule has 1 aromatic carbocycles. The van der Waals surface area contributed by atoms with Gasteiger partial charge in [0, 0.05) is 17.6 Å². The molecule has 6 heteroatoms. The Labute approximate surface area is 123 Å². The number of hydrogen-bond donors (Lipinski definition) is 1. The molecule has 0 aliphatic carbocycles. The van der Waals surface area contributed by atoms with Crippen LogP contribution in [0, 0.1) is 6.92 Å². The van der Waals surface area contributed by atoms with Crippen molar-refractivity contribution in [3.05, 3.63) is 28.3 Å². The Balaban J connectivity index is 2.21. The highest BCUT2D eigenvalue weighted by Gasteiger charge is 2.21. The first-order valence-corrected chi connectivity index (χ1v) is 6.89. The Hall–Kier alpha value is -1.30. The standard InChI is InChI=1S/C14H19ClN2O3/c1-9-10(5-11-8-19-4-3-17(11)2)6-12(7-13(9)15)20-14(16)18/h6-7,11H,3-5,8H2,1-2H3,(H2,16,18). The lowest BCUT2D eigenvalue weighted by Crippen LogP contribution is -2.44. The van der Waals surface area contributed by atoms with Gasteiger partial charge in [-0.1, -0.05) is 11.6 Å². The van der Waals surface area contributed by atoms with E-state index in [0.29, 0.717) is 23.4 Å². The summed E-state index contributed by atoms with van der Waals surface area (Å²) in [4.78, 5) is 13.1. The Morgan fingerprint density at radius 1 is 1.60 bits per heavy atom. The van der Waals surface area contributed by atoms with E-state index in [9.17, 15) is 4.79 Å². The molecule has 0 radical (unpaired) electrons. The van der Waals surface area contributed by atoms with Gasteiger partial charge in [-0.05, 0) is 43.7 Å². The molecule has 0 aromatic heterocycles. The molecule has 2 rings (SSSR count). The van der Waals surface area contributed by atoms with Gasteiger partial charge >= 0.3 is 6.09 Å². The molecule has 1 aromatic rings. The maximum Gasteiger partial charge on any atom is 0.409 e. The third-order valence-corrected chi connectivity index (χ3v) is 4.01. The number of carbonyl (C=O) groups is 1. The van der Waals surface area contributed by atoms with Crippen LogP contribution >= 0.6 is 11.6 Å². The molecule has 1 heterocycles. The number of halogens is 1. The second kappa shape index (κ2) is 6.43. The van der Waals surface area contributed by atoms with Gasteiger partial charge in [-0.15, -0.1) is 0 Å². The van der Waals surface area contributed by atoms with Crippen molar-refractivity contribution < 1.29 is 14.3 Å². The van der Waals surface area contributed by atoms with Crippen LogP contribution in [0.3, 0.4) is 0 Å². The van der Waals surface area contributed by atoms with Crippen LogP contribution < -0.4 is 10.5 Å². The van der Waals surface area contributed by atoms with E-state index in [1.807, 2.05) is 13.0 Å². The van der Waals surface area contributed by atoms with Crippen molar-refractivity contribution in [1.82, 2.24) is 4.90 Å². The molecule has 1 aliphatic heterocycles. The zero-order valence-corrected chi connectivity index (χ0v) is 12.4. The summed E-state index contributed by atoms with van der Waals surface area (Å²) in [6.07, 6.45) is -0.0492. The van der Waals surface area contributed by atoms with Crippen molar-refractivity contribution in [2.75, 3.05) is 26.8 Å². The molecule has 0 spiro atoms. The molecule has 5 nitrogen and oxygen atoms in total. The van der Waals surface area contributed by atoms with Crippen LogP contribution in [0.15, 0.2) is 12.1 Å². The number of amides is 1. The molecule has 0 saturated carbocycles. The number of primary amides is 1. The fraction of sp³-hybridized carbons (Fsp3) is 0.500. The van der Waals surface area contributed by atoms with Crippen molar-refractivity contribution in [3.63, 3.8) is 0 Å². The molecule has 20 heavy (non-hydrogen) atoms. The van der Waals surface area contributed by atoms with Crippen molar-refractivity contribution in [2.45, 2.75) is 19.4 Å². The van der Waals surface area contributed by atoms with E-state index in [1.54, 1.807) is 6.07 Å². The number of rotatable bonds is 3. The summed E-state index contributed by atoms with van der Waals surface area (Å²) in [6.45, 7) is 4.32. The minimum Gasteiger partial charge on any atom is -0.410 e. The molecule has 1 saturated heterocycles. The number of nitrogens with zero attached hydrogens (tertiary/aromatic N) is 1. The first-order chi connectivity index (χ1) is 9.47. The molecule has 2 N–H and O–H groups in total. The van der Waals surface area contributed by atoms with Crippen LogP contribution in [-0.2, 0) is 11.2 Å². The summed E-state index contributed by atoms with van der Waals surface area (Å²) in [6, 6.07) is 3.71. The Kier molecular flexibility index (Phi) is 4.86. The Morgan fingerprint density at radius 2 is 2.35 bits per heavy atom. The van der Waals surface area contributed by atoms with Gasteiger partial charge in [0.1, 0.15) is 5.75 Å². The molecular weight excluding hydrogens is 280 g/mol. The highest BCUT2D eigenvalue weighted by Crippen LogP contribution is 2.28. The quantitative estimate of drug-likeness (QED) is 0.927. The van der Waals surface area contributed by atoms with E-state index in [0.717, 1.165) is 30.7 Å². The second-order valence-corrected chi connectivity index (χ2v) is 5.43. The average Bonchev–Trinajstić information content (AvgIpc) is 2.37. The maximum absolute atomic E-state index is 10.8. The van der Waals surface area contributed by atoms with E-state index in [1.165, 1.54) is 0 Å². The van der Waals surface area contributed by atoms with Crippen LogP contribution in [0.1, 0.15) is 11.1 Å². The molecule has 1 amide bonds. The first kappa shape index (κ1) is 15.1. The Bertz CT molecular complexity index is 507. The van der Waals surface area contributed by atoms with Crippen LogP contribution in [0.2, 0.25) is 5.02 Å². The van der Waals surface area contributed by atoms with Gasteiger partial charge in [0.15, 0.2) is 0 Å². The normalized spacial score (nSPS) is 19.9. The fourth-order valence-electron chi connectivity index (χ4n) is 2.30. The number of nitrogens with two attached hydrogens (primary N) is 1. The summed E-state index contributed by atoms with van der Waals surface area (Å²) >= 11 is 6.18. The predicted octanol–water partition coefficient (Wildman–Crippen LogP) is 1.98. The summed E-state index contributed by atoms with van der Waals surface area (Å²) < 4.78 is 10.4. The molecule has 1 aliphatic rings. The van der Waals surface area contributed by atoms with E-state index in [-0.39, 0.29) is 0 Å². The van der Waals surface area contributed by atoms with Gasteiger partial charge in [0.25, 0.3) is 0 Å². The Morgan fingerprint density at radius 3 is 3.00 bits per heavy atom. The van der Waals surface area contributed by atoms with Gasteiger partial charge in [0.05, 0.1) is 13.2 Å². The van der Waals surface area contributed by atoms with Crippen molar-refractivity contribution in [1.29, 1.82) is 0 Å². The van der Waals surface area contributed by atoms with Crippen LogP contribution in [-0.4, -0.2) is 43.8 Å². The number of hydrogen-bond acceptors (Lipinski definition) is 4. The summed E-state index contributed by atoms with van der Waals surface area (Å²) in [7, 11) is 2.08. The van der Waals surface area contributed by atoms with Gasteiger partial charge in [-0.3, -0.25) is 4.90 Å². The zero-order valence-electron chi connectivity index (χ0n) is 11.7. The first-order valence-electron chi connectivity index (χ1n) is 6.51. The van der Waals surface area contributed by atoms with Gasteiger partial charge in [-0.25, -0.2) is 4.79 Å². The van der Waals surface area contributed by atoms with Crippen LogP contribution in [0.5, 0.6) is 5.75 Å². The van der Waals surface area contributed by atoms with Crippen LogP contribution in [0.4, 0.5) is 4.79 Å². The summed E-state index contributed by atoms with van der Waals surface area (Å²) in [5, 5.41) is 0.568. The summed E-state index contributed by atoms with van der Waals surface area (Å²) in [5.74, 6) is 0.377. The SMILES string of the molecule is Cc1c(Cl)cc(OC(N)=O)cc1CC1COCCN1C. The van der Waals surface area contributed by atoms with Crippen LogP contribution in [0.25, 0.3) is 0 Å². The van der Waals surface area contributed by atoms with Crippen molar-refractivity contribution in [3.8, 4) is 5.75 Å². The van der Waals surface area contributed by atoms with E-state index in [4.69, 9.17) is 26.8 Å². The van der Waals surface area contributed by atoms with Gasteiger partial charge < -0.3 is 15.2 Å². The minimum absolute atomic E-state index is 0.294. The van der Waals surface area contributed by atoms with Crippen molar-refractivity contribution >= 4 is 17.7 Å². The smallest absolute Gasteiger partial charge is 0.409 e. The monoisotopic (exact) mass is 298 g/mol. The third-order valence-electron chi connectivity index (χ3n) is 3.62. The third kappa shape index (κ3) is 3.62. The number of likely N-dealkylation sites (N-methyl/N-ethyl adjacent to an activating group) is 1. The molecule has 0 bridgehead atoms. The molecule has 1 atom stereocenters. The fourth-order valence-corrected chi connectivity index (χ4v) is 2.53. The molecular formula is C14H19ClN2O3. The van der Waals surface area contributed by atoms with E-state index in [2.05, 4.69) is 11.9 Å². The largest absolute Gasteiger partial charge is 0.410 e. The van der Waals surface area contributed by atoms with E-state index >= 15 is 0 Å². The lowest BCUT2D eigenvalue weighted by molar-refractivity contribution is 0.00618. The molecule has 1 unspecified atom stereocenters. The van der Waals surface area contributed by atoms with Crippen molar-refractivity contribution in [2.24, 2.45) is 5.73 Å². The van der Waals surface area contributed by atoms with E-state index < -0.39 is 6.09 Å².